The van der Waals surface area contributed by atoms with Gasteiger partial charge in [-0.3, -0.25) is 9.59 Å². The Bertz CT molecular complexity index is 746. The number of amides is 1. The van der Waals surface area contributed by atoms with Crippen LogP contribution >= 0.6 is 0 Å². The molecule has 0 bridgehead atoms. The number of carbonyl (C=O) groups excluding carboxylic acids is 1. The average Bonchev–Trinajstić information content (AvgIpc) is 3.04. The first kappa shape index (κ1) is 14.5. The first-order chi connectivity index (χ1) is 10.6. The fraction of sp³-hybridized carbons (Fsp3) is 0.353. The fourth-order valence-corrected chi connectivity index (χ4v) is 2.76. The highest BCUT2D eigenvalue weighted by Crippen LogP contribution is 2.19. The predicted molar refractivity (Wildman–Crippen MR) is 84.5 cm³/mol. The van der Waals surface area contributed by atoms with Crippen LogP contribution in [0.25, 0.3) is 11.3 Å². The molecular weight excluding hydrogens is 278 g/mol. The molecule has 1 amide bonds. The Labute approximate surface area is 129 Å². The molecule has 0 N–H and O–H groups in total. The second-order valence-electron chi connectivity index (χ2n) is 5.62. The molecule has 3 rings (SSSR count). The van der Waals surface area contributed by atoms with Crippen molar-refractivity contribution < 1.29 is 4.79 Å². The third-order valence-corrected chi connectivity index (χ3v) is 4.03. The lowest BCUT2D eigenvalue weighted by atomic mass is 10.1. The largest absolute Gasteiger partial charge is 0.341 e. The molecule has 2 aromatic rings. The van der Waals surface area contributed by atoms with Crippen LogP contribution in [0.1, 0.15) is 18.4 Å². The first-order valence-corrected chi connectivity index (χ1v) is 7.57. The minimum Gasteiger partial charge on any atom is -0.341 e. The molecule has 1 aromatic heterocycles. The van der Waals surface area contributed by atoms with E-state index in [9.17, 15) is 9.59 Å². The molecule has 1 fully saturated rings. The summed E-state index contributed by atoms with van der Waals surface area (Å²) >= 11 is 0. The van der Waals surface area contributed by atoms with E-state index in [1.807, 2.05) is 31.2 Å². The highest BCUT2D eigenvalue weighted by atomic mass is 16.2. The van der Waals surface area contributed by atoms with Crippen molar-refractivity contribution in [1.29, 1.82) is 0 Å². The summed E-state index contributed by atoms with van der Waals surface area (Å²) in [6.45, 7) is 3.58. The fourth-order valence-electron chi connectivity index (χ4n) is 2.76. The molecule has 1 aromatic carbocycles. The van der Waals surface area contributed by atoms with Crippen LogP contribution in [-0.4, -0.2) is 33.7 Å². The summed E-state index contributed by atoms with van der Waals surface area (Å²) in [7, 11) is 0. The molecule has 1 aliphatic rings. The minimum absolute atomic E-state index is 0.0125. The van der Waals surface area contributed by atoms with Crippen LogP contribution in [0.4, 0.5) is 0 Å². The number of carbonyl (C=O) groups is 1. The smallest absolute Gasteiger partial charge is 0.267 e. The van der Waals surface area contributed by atoms with E-state index in [0.717, 1.165) is 37.1 Å². The Morgan fingerprint density at radius 2 is 1.86 bits per heavy atom. The van der Waals surface area contributed by atoms with E-state index in [1.165, 1.54) is 10.7 Å². The van der Waals surface area contributed by atoms with E-state index < -0.39 is 0 Å². The van der Waals surface area contributed by atoms with E-state index in [1.54, 1.807) is 11.0 Å². The van der Waals surface area contributed by atoms with Gasteiger partial charge >= 0.3 is 0 Å². The lowest BCUT2D eigenvalue weighted by molar-refractivity contribution is -0.131. The van der Waals surface area contributed by atoms with Crippen molar-refractivity contribution in [3.05, 3.63) is 52.3 Å². The van der Waals surface area contributed by atoms with E-state index in [2.05, 4.69) is 5.10 Å². The van der Waals surface area contributed by atoms with Crippen LogP contribution in [0, 0.1) is 6.92 Å². The van der Waals surface area contributed by atoms with Crippen LogP contribution < -0.4 is 5.56 Å². The average molecular weight is 297 g/mol. The minimum atomic E-state index is -0.245. The summed E-state index contributed by atoms with van der Waals surface area (Å²) in [5, 5.41) is 4.37. The van der Waals surface area contributed by atoms with Gasteiger partial charge in [-0.1, -0.05) is 24.3 Å². The number of likely N-dealkylation sites (tertiary alicyclic amines) is 1. The van der Waals surface area contributed by atoms with Crippen molar-refractivity contribution in [1.82, 2.24) is 14.7 Å². The molecule has 0 radical (unpaired) electrons. The number of nitrogens with zero attached hydrogens (tertiary/aromatic N) is 3. The SMILES string of the molecule is Cc1ccccc1-c1ccc(=O)n(CC(=O)N2CCCC2)n1. The second kappa shape index (κ2) is 6.13. The van der Waals surface area contributed by atoms with E-state index in [-0.39, 0.29) is 18.0 Å². The van der Waals surface area contributed by atoms with Crippen molar-refractivity contribution >= 4 is 5.91 Å². The predicted octanol–water partition coefficient (Wildman–Crippen LogP) is 1.84. The van der Waals surface area contributed by atoms with Crippen molar-refractivity contribution in [2.24, 2.45) is 0 Å². The van der Waals surface area contributed by atoms with E-state index >= 15 is 0 Å². The lowest BCUT2D eigenvalue weighted by Crippen LogP contribution is -2.35. The van der Waals surface area contributed by atoms with Crippen LogP contribution in [0.3, 0.4) is 0 Å². The molecule has 2 heterocycles. The summed E-state index contributed by atoms with van der Waals surface area (Å²) in [4.78, 5) is 26.0. The van der Waals surface area contributed by atoms with Crippen LogP contribution in [-0.2, 0) is 11.3 Å². The maximum atomic E-state index is 12.2. The van der Waals surface area contributed by atoms with Crippen molar-refractivity contribution in [2.45, 2.75) is 26.3 Å². The van der Waals surface area contributed by atoms with Crippen molar-refractivity contribution in [2.75, 3.05) is 13.1 Å². The molecule has 1 saturated heterocycles. The number of aryl methyl sites for hydroxylation is 1. The van der Waals surface area contributed by atoms with Gasteiger partial charge in [0.25, 0.3) is 5.56 Å². The van der Waals surface area contributed by atoms with Gasteiger partial charge in [-0.05, 0) is 31.4 Å². The van der Waals surface area contributed by atoms with E-state index in [0.29, 0.717) is 5.69 Å². The number of hydrogen-bond acceptors (Lipinski definition) is 3. The van der Waals surface area contributed by atoms with Gasteiger partial charge in [-0.2, -0.15) is 5.10 Å². The molecule has 0 atom stereocenters. The summed E-state index contributed by atoms with van der Waals surface area (Å²) in [6, 6.07) is 11.1. The maximum Gasteiger partial charge on any atom is 0.267 e. The van der Waals surface area contributed by atoms with Gasteiger partial charge in [-0.15, -0.1) is 0 Å². The maximum absolute atomic E-state index is 12.2. The summed E-state index contributed by atoms with van der Waals surface area (Å²) < 4.78 is 1.27. The Morgan fingerprint density at radius 3 is 2.59 bits per heavy atom. The number of aromatic nitrogens is 2. The zero-order valence-corrected chi connectivity index (χ0v) is 12.7. The van der Waals surface area contributed by atoms with Gasteiger partial charge in [0.2, 0.25) is 5.91 Å². The monoisotopic (exact) mass is 297 g/mol. The Kier molecular flexibility index (Phi) is 4.04. The van der Waals surface area contributed by atoms with Gasteiger partial charge in [0.1, 0.15) is 6.54 Å². The van der Waals surface area contributed by atoms with Gasteiger partial charge in [0.15, 0.2) is 0 Å². The zero-order valence-electron chi connectivity index (χ0n) is 12.7. The number of benzene rings is 1. The Balaban J connectivity index is 1.89. The normalized spacial score (nSPS) is 14.3. The Morgan fingerprint density at radius 1 is 1.14 bits per heavy atom. The Hall–Kier alpha value is -2.43. The van der Waals surface area contributed by atoms with Gasteiger partial charge < -0.3 is 4.90 Å². The summed E-state index contributed by atoms with van der Waals surface area (Å²) in [6.07, 6.45) is 2.08. The molecule has 0 aliphatic carbocycles. The molecule has 5 nitrogen and oxygen atoms in total. The first-order valence-electron chi connectivity index (χ1n) is 7.57. The third kappa shape index (κ3) is 2.93. The standard InChI is InChI=1S/C17H19N3O2/c1-13-6-2-3-7-14(13)15-8-9-16(21)20(18-15)12-17(22)19-10-4-5-11-19/h2-3,6-9H,4-5,10-12H2,1H3. The van der Waals surface area contributed by atoms with Gasteiger partial charge in [0, 0.05) is 24.7 Å². The molecule has 114 valence electrons. The molecule has 0 saturated carbocycles. The molecular formula is C17H19N3O2. The van der Waals surface area contributed by atoms with Gasteiger partial charge in [-0.25, -0.2) is 4.68 Å². The molecule has 1 aliphatic heterocycles. The highest BCUT2D eigenvalue weighted by Gasteiger charge is 2.19. The quantitative estimate of drug-likeness (QED) is 0.868. The molecule has 0 unspecified atom stereocenters. The third-order valence-electron chi connectivity index (χ3n) is 4.03. The number of rotatable bonds is 3. The highest BCUT2D eigenvalue weighted by molar-refractivity contribution is 5.76. The molecule has 22 heavy (non-hydrogen) atoms. The van der Waals surface area contributed by atoms with Crippen LogP contribution in [0.5, 0.6) is 0 Å². The van der Waals surface area contributed by atoms with E-state index in [4.69, 9.17) is 0 Å². The summed E-state index contributed by atoms with van der Waals surface area (Å²) in [5.41, 5.74) is 2.53. The molecule has 0 spiro atoms. The van der Waals surface area contributed by atoms with Gasteiger partial charge in [0.05, 0.1) is 5.69 Å². The van der Waals surface area contributed by atoms with Crippen LogP contribution in [0.2, 0.25) is 0 Å². The zero-order chi connectivity index (χ0) is 15.5. The van der Waals surface area contributed by atoms with Crippen molar-refractivity contribution in [3.8, 4) is 11.3 Å². The second-order valence-corrected chi connectivity index (χ2v) is 5.62. The topological polar surface area (TPSA) is 55.2 Å². The number of hydrogen-bond donors (Lipinski definition) is 0. The molecule has 5 heteroatoms. The lowest BCUT2D eigenvalue weighted by Gasteiger charge is -2.15. The van der Waals surface area contributed by atoms with Crippen LogP contribution in [0.15, 0.2) is 41.2 Å². The van der Waals surface area contributed by atoms with Crippen molar-refractivity contribution in [3.63, 3.8) is 0 Å². The summed E-state index contributed by atoms with van der Waals surface area (Å²) in [5.74, 6) is -0.0333.